The number of rotatable bonds is 4. The molecule has 4 aromatic rings. The van der Waals surface area contributed by atoms with Crippen molar-refractivity contribution in [1.29, 1.82) is 0 Å². The molecule has 7 rings (SSSR count). The number of methoxy groups -OCH3 is 2. The van der Waals surface area contributed by atoms with E-state index >= 15 is 0 Å². The molecule has 0 heterocycles. The normalized spacial score (nSPS) is 18.2. The van der Waals surface area contributed by atoms with E-state index in [9.17, 15) is 0 Å². The highest BCUT2D eigenvalue weighted by molar-refractivity contribution is 5.32. The van der Waals surface area contributed by atoms with Crippen LogP contribution in [0.3, 0.4) is 0 Å². The summed E-state index contributed by atoms with van der Waals surface area (Å²) < 4.78 is 10.1. The summed E-state index contributed by atoms with van der Waals surface area (Å²) in [7, 11) is 3.37. The van der Waals surface area contributed by atoms with Gasteiger partial charge in [0.1, 0.15) is 11.5 Å². The van der Waals surface area contributed by atoms with Crippen LogP contribution < -0.4 is 9.47 Å². The molecular weight excluding hydrogens is 665 g/mol. The second-order valence-electron chi connectivity index (χ2n) is 16.2. The SMILES string of the molecule is C1CC2C3CCC(C3)C2C1.CC(C)C.CC(C)C.COc1ccccc1C.COc1ccccc1C.Cc1ccccc1CO.Cc1ccccc1CO. The molecule has 3 aliphatic carbocycles. The molecule has 3 saturated carbocycles. The lowest BCUT2D eigenvalue weighted by Crippen LogP contribution is -2.15. The lowest BCUT2D eigenvalue weighted by Gasteiger charge is -2.23. The largest absolute Gasteiger partial charge is 0.496 e. The molecule has 54 heavy (non-hydrogen) atoms. The van der Waals surface area contributed by atoms with Crippen molar-refractivity contribution in [3.05, 3.63) is 130 Å². The predicted molar refractivity (Wildman–Crippen MR) is 232 cm³/mol. The van der Waals surface area contributed by atoms with Gasteiger partial charge in [0.2, 0.25) is 0 Å². The molecule has 4 nitrogen and oxygen atoms in total. The van der Waals surface area contributed by atoms with E-state index in [1.165, 1.54) is 34.8 Å². The Labute approximate surface area is 331 Å². The number of benzene rings is 4. The van der Waals surface area contributed by atoms with E-state index in [0.717, 1.165) is 45.6 Å². The summed E-state index contributed by atoms with van der Waals surface area (Å²) in [4.78, 5) is 0. The third-order valence-corrected chi connectivity index (χ3v) is 9.84. The minimum atomic E-state index is 0.146. The molecule has 3 fully saturated rings. The molecule has 0 aromatic heterocycles. The summed E-state index contributed by atoms with van der Waals surface area (Å²) in [6.45, 7) is 21.3. The Bertz CT molecular complexity index is 1320. The van der Waals surface area contributed by atoms with Crippen LogP contribution >= 0.6 is 0 Å². The fourth-order valence-electron chi connectivity index (χ4n) is 7.16. The molecule has 0 saturated heterocycles. The van der Waals surface area contributed by atoms with Crippen molar-refractivity contribution in [2.45, 2.75) is 121 Å². The van der Waals surface area contributed by atoms with Gasteiger partial charge in [-0.25, -0.2) is 0 Å². The first-order valence-electron chi connectivity index (χ1n) is 20.3. The van der Waals surface area contributed by atoms with Gasteiger partial charge in [-0.15, -0.1) is 0 Å². The first-order valence-corrected chi connectivity index (χ1v) is 20.3. The molecule has 300 valence electrons. The molecule has 3 aliphatic rings. The van der Waals surface area contributed by atoms with Gasteiger partial charge in [0.25, 0.3) is 0 Å². The fourth-order valence-corrected chi connectivity index (χ4v) is 7.16. The third-order valence-electron chi connectivity index (χ3n) is 9.84. The summed E-state index contributed by atoms with van der Waals surface area (Å²) in [5.41, 5.74) is 6.69. The first-order chi connectivity index (χ1) is 25.8. The number of fused-ring (bicyclic) bond motifs is 5. The minimum absolute atomic E-state index is 0.146. The zero-order valence-electron chi connectivity index (χ0n) is 36.1. The predicted octanol–water partition coefficient (Wildman–Crippen LogP) is 13.1. The van der Waals surface area contributed by atoms with Gasteiger partial charge in [-0.1, -0.05) is 133 Å². The van der Waals surface area contributed by atoms with Crippen LogP contribution in [0.1, 0.15) is 113 Å². The molecule has 4 unspecified atom stereocenters. The highest BCUT2D eigenvalue weighted by Gasteiger charge is 2.48. The van der Waals surface area contributed by atoms with E-state index < -0.39 is 0 Å². The first kappa shape index (κ1) is 48.4. The van der Waals surface area contributed by atoms with Crippen LogP contribution in [0.2, 0.25) is 0 Å². The molecule has 2 bridgehead atoms. The van der Waals surface area contributed by atoms with Crippen molar-refractivity contribution in [1.82, 2.24) is 0 Å². The van der Waals surface area contributed by atoms with E-state index in [1.54, 1.807) is 52.7 Å². The molecule has 0 amide bonds. The summed E-state index contributed by atoms with van der Waals surface area (Å²) in [5.74, 6) is 8.38. The Morgan fingerprint density at radius 1 is 0.481 bits per heavy atom. The minimum Gasteiger partial charge on any atom is -0.496 e. The highest BCUT2D eigenvalue weighted by Crippen LogP contribution is 2.58. The van der Waals surface area contributed by atoms with E-state index in [4.69, 9.17) is 19.7 Å². The van der Waals surface area contributed by atoms with Gasteiger partial charge in [0, 0.05) is 0 Å². The van der Waals surface area contributed by atoms with Crippen molar-refractivity contribution in [3.8, 4) is 11.5 Å². The maximum absolute atomic E-state index is 8.72. The molecule has 4 atom stereocenters. The summed E-state index contributed by atoms with van der Waals surface area (Å²) >= 11 is 0. The molecule has 4 heteroatoms. The maximum atomic E-state index is 8.72. The number of hydrogen-bond donors (Lipinski definition) is 2. The summed E-state index contributed by atoms with van der Waals surface area (Å²) in [6.07, 6.45) is 9.53. The molecule has 0 spiro atoms. The van der Waals surface area contributed by atoms with Gasteiger partial charge >= 0.3 is 0 Å². The second kappa shape index (κ2) is 27.9. The number of aryl methyl sites for hydroxylation is 4. The lowest BCUT2D eigenvalue weighted by molar-refractivity contribution is 0.259. The van der Waals surface area contributed by atoms with Crippen LogP contribution in [0.4, 0.5) is 0 Å². The van der Waals surface area contributed by atoms with Crippen LogP contribution in [-0.2, 0) is 13.2 Å². The smallest absolute Gasteiger partial charge is 0.121 e. The van der Waals surface area contributed by atoms with Crippen molar-refractivity contribution in [3.63, 3.8) is 0 Å². The Hall–Kier alpha value is -3.60. The Morgan fingerprint density at radius 2 is 0.778 bits per heavy atom. The fraction of sp³-hybridized carbons (Fsp3) is 0.520. The van der Waals surface area contributed by atoms with E-state index in [2.05, 4.69) is 41.5 Å². The zero-order chi connectivity index (χ0) is 40.5. The average Bonchev–Trinajstić information content (AvgIpc) is 3.91. The van der Waals surface area contributed by atoms with Crippen LogP contribution in [0.5, 0.6) is 11.5 Å². The quantitative estimate of drug-likeness (QED) is 0.219. The van der Waals surface area contributed by atoms with E-state index in [0.29, 0.717) is 0 Å². The number of ether oxygens (including phenoxy) is 2. The second-order valence-corrected chi connectivity index (χ2v) is 16.2. The van der Waals surface area contributed by atoms with Crippen LogP contribution in [-0.4, -0.2) is 24.4 Å². The van der Waals surface area contributed by atoms with Gasteiger partial charge in [-0.2, -0.15) is 0 Å². The van der Waals surface area contributed by atoms with E-state index in [-0.39, 0.29) is 13.2 Å². The van der Waals surface area contributed by atoms with Crippen molar-refractivity contribution in [2.24, 2.45) is 35.5 Å². The topological polar surface area (TPSA) is 58.9 Å². The van der Waals surface area contributed by atoms with Gasteiger partial charge in [-0.3, -0.25) is 0 Å². The van der Waals surface area contributed by atoms with Crippen molar-refractivity contribution < 1.29 is 19.7 Å². The summed E-state index contributed by atoms with van der Waals surface area (Å²) in [5, 5.41) is 17.4. The molecule has 2 N–H and O–H groups in total. The number of hydrogen-bond acceptors (Lipinski definition) is 4. The van der Waals surface area contributed by atoms with Crippen LogP contribution in [0.25, 0.3) is 0 Å². The molecular formula is C50H76O4. The van der Waals surface area contributed by atoms with E-state index in [1.807, 2.05) is 125 Å². The van der Waals surface area contributed by atoms with Gasteiger partial charge in [0.15, 0.2) is 0 Å². The van der Waals surface area contributed by atoms with Crippen LogP contribution in [0, 0.1) is 63.2 Å². The monoisotopic (exact) mass is 741 g/mol. The van der Waals surface area contributed by atoms with Crippen molar-refractivity contribution >= 4 is 0 Å². The zero-order valence-corrected chi connectivity index (χ0v) is 36.1. The molecule has 0 aliphatic heterocycles. The van der Waals surface area contributed by atoms with Crippen molar-refractivity contribution in [2.75, 3.05) is 14.2 Å². The Kier molecular flexibility index (Phi) is 25.0. The standard InChI is InChI=1S/C10H16.4C8H10O.2C4H10/c1-2-9-7-4-5-8(6-7)10(9)3-1;2*1-7-5-3-4-6-8(7)9-2;2*1-7-4-2-3-5-8(7)6-9;2*1-4(2)3/h7-10H,1-6H2;2*3-6H,1-2H3;2*2-5,9H,6H2,1H3;2*4H,1-3H3. The average molecular weight is 741 g/mol. The maximum Gasteiger partial charge on any atom is 0.121 e. The number of aliphatic hydroxyl groups excluding tert-OH is 2. The number of aliphatic hydroxyl groups is 2. The molecule has 0 radical (unpaired) electrons. The highest BCUT2D eigenvalue weighted by atomic mass is 16.5. The van der Waals surface area contributed by atoms with Crippen LogP contribution in [0.15, 0.2) is 97.1 Å². The van der Waals surface area contributed by atoms with Gasteiger partial charge in [0.05, 0.1) is 27.4 Å². The Balaban J connectivity index is 0.000000322. The Morgan fingerprint density at radius 3 is 1.02 bits per heavy atom. The lowest BCUT2D eigenvalue weighted by atomic mass is 9.82. The van der Waals surface area contributed by atoms with Gasteiger partial charge in [-0.05, 0) is 141 Å². The van der Waals surface area contributed by atoms with Gasteiger partial charge < -0.3 is 19.7 Å². The third kappa shape index (κ3) is 19.1. The number of para-hydroxylation sites is 2. The molecule has 4 aromatic carbocycles. The summed E-state index contributed by atoms with van der Waals surface area (Å²) in [6, 6.07) is 31.5.